The van der Waals surface area contributed by atoms with Gasteiger partial charge in [0.15, 0.2) is 6.04 Å². The first-order valence-corrected chi connectivity index (χ1v) is 10.0. The quantitative estimate of drug-likeness (QED) is 0.442. The monoisotopic (exact) mass is 448 g/mol. The zero-order valence-electron chi connectivity index (χ0n) is 16.4. The number of alkyl halides is 3. The van der Waals surface area contributed by atoms with Crippen molar-refractivity contribution in [3.63, 3.8) is 0 Å². The molecule has 0 saturated heterocycles. The lowest BCUT2D eigenvalue weighted by atomic mass is 10.1. The van der Waals surface area contributed by atoms with E-state index in [9.17, 15) is 18.0 Å². The second-order valence-electron chi connectivity index (χ2n) is 7.04. The highest BCUT2D eigenvalue weighted by atomic mass is 32.1. The number of hydrogen-bond acceptors (Lipinski definition) is 6. The minimum atomic E-state index is -4.68. The lowest BCUT2D eigenvalue weighted by Gasteiger charge is -2.11. The Hall–Kier alpha value is -3.47. The summed E-state index contributed by atoms with van der Waals surface area (Å²) < 4.78 is 48.0. The van der Waals surface area contributed by atoms with E-state index >= 15 is 0 Å². The number of nitrogen functional groups attached to an aromatic ring is 1. The molecule has 0 spiro atoms. The molecule has 7 nitrogen and oxygen atoms in total. The molecule has 0 fully saturated rings. The summed E-state index contributed by atoms with van der Waals surface area (Å²) in [6, 6.07) is 9.43. The number of aromatic nitrogens is 3. The summed E-state index contributed by atoms with van der Waals surface area (Å²) in [4.78, 5) is 17.0. The number of nitrogens with one attached hydrogen (secondary N) is 1. The van der Waals surface area contributed by atoms with Crippen molar-refractivity contribution in [1.82, 2.24) is 10.3 Å². The Morgan fingerprint density at radius 2 is 1.97 bits per heavy atom. The van der Waals surface area contributed by atoms with Gasteiger partial charge in [-0.2, -0.15) is 13.2 Å². The van der Waals surface area contributed by atoms with E-state index in [1.54, 1.807) is 30.3 Å². The molecule has 0 radical (unpaired) electrons. The molecular formula is C20H17F3N5O2S+. The highest BCUT2D eigenvalue weighted by Crippen LogP contribution is 2.43. The summed E-state index contributed by atoms with van der Waals surface area (Å²) in [6.07, 6.45) is -3.21. The summed E-state index contributed by atoms with van der Waals surface area (Å²) in [7, 11) is 0. The van der Waals surface area contributed by atoms with Gasteiger partial charge in [0.05, 0.1) is 16.9 Å². The molecule has 0 aliphatic carbocycles. The Labute approximate surface area is 178 Å². The lowest BCUT2D eigenvalue weighted by molar-refractivity contribution is -0.779. The average Bonchev–Trinajstić information content (AvgIpc) is 3.32. The van der Waals surface area contributed by atoms with Crippen LogP contribution in [0.2, 0.25) is 0 Å². The molecular weight excluding hydrogens is 431 g/mol. The van der Waals surface area contributed by atoms with Gasteiger partial charge in [0.2, 0.25) is 5.27 Å². The van der Waals surface area contributed by atoms with E-state index in [1.165, 1.54) is 10.9 Å². The van der Waals surface area contributed by atoms with E-state index in [2.05, 4.69) is 15.6 Å². The Balaban J connectivity index is 1.80. The van der Waals surface area contributed by atoms with Crippen LogP contribution in [0.4, 0.5) is 24.7 Å². The smallest absolute Gasteiger partial charge is 0.397 e. The number of anilines is 2. The van der Waals surface area contributed by atoms with Crippen molar-refractivity contribution in [2.75, 3.05) is 11.1 Å². The van der Waals surface area contributed by atoms with Crippen molar-refractivity contribution in [2.24, 2.45) is 0 Å². The molecule has 3 aromatic heterocycles. The fourth-order valence-corrected chi connectivity index (χ4v) is 4.01. The number of halogens is 3. The van der Waals surface area contributed by atoms with Gasteiger partial charge < -0.3 is 5.73 Å². The lowest BCUT2D eigenvalue weighted by Crippen LogP contribution is -2.36. The Bertz CT molecular complexity index is 1270. The van der Waals surface area contributed by atoms with Gasteiger partial charge in [0, 0.05) is 10.9 Å². The van der Waals surface area contributed by atoms with Gasteiger partial charge in [-0.1, -0.05) is 30.3 Å². The molecule has 0 unspecified atom stereocenters. The third-order valence-electron chi connectivity index (χ3n) is 4.53. The third-order valence-corrected chi connectivity index (χ3v) is 5.63. The first kappa shape index (κ1) is 20.8. The predicted octanol–water partition coefficient (Wildman–Crippen LogP) is 4.67. The zero-order chi connectivity index (χ0) is 22.3. The predicted molar refractivity (Wildman–Crippen MR) is 110 cm³/mol. The van der Waals surface area contributed by atoms with E-state index < -0.39 is 17.6 Å². The van der Waals surface area contributed by atoms with Crippen LogP contribution in [0.1, 0.15) is 35.1 Å². The topological polar surface area (TPSA) is 97.9 Å². The number of benzene rings is 1. The number of nitrogens with zero attached hydrogens (tertiary/aromatic N) is 3. The van der Waals surface area contributed by atoms with Crippen LogP contribution in [0.5, 0.6) is 0 Å². The zero-order valence-corrected chi connectivity index (χ0v) is 17.2. The minimum absolute atomic E-state index is 0.00116. The standard InChI is InChI=1S/C20H16F3N5O2S/c1-10(2)28-9-14(30-27-28)26-18(29)17-16(24)15-12(20(21,22)23)8-13(25-19(15)31-17)11-6-4-3-5-7-11/h3-10H,1-2H3,(H2-,24,26,27,29)/p+1. The van der Waals surface area contributed by atoms with Crippen LogP contribution < -0.4 is 15.7 Å². The Kier molecular flexibility index (Phi) is 5.13. The van der Waals surface area contributed by atoms with Crippen LogP contribution in [-0.4, -0.2) is 16.2 Å². The normalized spacial score (nSPS) is 11.9. The largest absolute Gasteiger partial charge is 0.417 e. The first-order chi connectivity index (χ1) is 14.6. The number of hydrogen-bond donors (Lipinski definition) is 2. The molecule has 3 N–H and O–H groups in total. The second kappa shape index (κ2) is 7.65. The number of rotatable bonds is 4. The van der Waals surface area contributed by atoms with Crippen LogP contribution in [-0.2, 0) is 6.18 Å². The van der Waals surface area contributed by atoms with E-state index in [-0.39, 0.29) is 38.4 Å². The maximum Gasteiger partial charge on any atom is 0.417 e. The number of fused-ring (bicyclic) bond motifs is 1. The molecule has 11 heteroatoms. The van der Waals surface area contributed by atoms with Gasteiger partial charge in [-0.3, -0.25) is 14.6 Å². The summed E-state index contributed by atoms with van der Waals surface area (Å²) in [5.41, 5.74) is 5.43. The van der Waals surface area contributed by atoms with Crippen molar-refractivity contribution < 1.29 is 27.2 Å². The van der Waals surface area contributed by atoms with Gasteiger partial charge >= 0.3 is 12.1 Å². The number of pyridine rings is 1. The molecule has 0 atom stereocenters. The van der Waals surface area contributed by atoms with Gasteiger partial charge in [-0.25, -0.2) is 4.98 Å². The average molecular weight is 448 g/mol. The molecule has 160 valence electrons. The third kappa shape index (κ3) is 3.96. The number of amides is 1. The molecule has 0 saturated carbocycles. The van der Waals surface area contributed by atoms with Crippen molar-refractivity contribution in [2.45, 2.75) is 26.1 Å². The number of thiophene rings is 1. The van der Waals surface area contributed by atoms with E-state index in [4.69, 9.17) is 10.3 Å². The van der Waals surface area contributed by atoms with Crippen LogP contribution in [0.15, 0.2) is 47.1 Å². The van der Waals surface area contributed by atoms with E-state index in [0.717, 1.165) is 17.4 Å². The molecule has 31 heavy (non-hydrogen) atoms. The van der Waals surface area contributed by atoms with Crippen LogP contribution in [0.3, 0.4) is 0 Å². The number of carbonyl (C=O) groups excluding carboxylic acids is 1. The molecule has 0 aliphatic heterocycles. The van der Waals surface area contributed by atoms with Gasteiger partial charge in [-0.05, 0) is 24.6 Å². The van der Waals surface area contributed by atoms with Crippen LogP contribution in [0.25, 0.3) is 21.5 Å². The molecule has 0 aliphatic rings. The molecule has 0 bridgehead atoms. The summed E-state index contributed by atoms with van der Waals surface area (Å²) in [5.74, 6) is -0.661. The maximum atomic E-state index is 13.8. The second-order valence-corrected chi connectivity index (χ2v) is 8.04. The number of carbonyl (C=O) groups is 1. The Morgan fingerprint density at radius 1 is 1.26 bits per heavy atom. The van der Waals surface area contributed by atoms with Crippen LogP contribution in [0, 0.1) is 0 Å². The van der Waals surface area contributed by atoms with Crippen molar-refractivity contribution in [1.29, 1.82) is 0 Å². The first-order valence-electron chi connectivity index (χ1n) is 9.20. The van der Waals surface area contributed by atoms with Crippen LogP contribution >= 0.6 is 11.3 Å². The van der Waals surface area contributed by atoms with Crippen molar-refractivity contribution in [3.05, 3.63) is 53.0 Å². The maximum absolute atomic E-state index is 13.8. The molecule has 4 aromatic rings. The van der Waals surface area contributed by atoms with Gasteiger partial charge in [0.1, 0.15) is 9.71 Å². The Morgan fingerprint density at radius 3 is 2.58 bits per heavy atom. The van der Waals surface area contributed by atoms with Gasteiger partial charge in [0.25, 0.3) is 12.1 Å². The molecule has 4 rings (SSSR count). The van der Waals surface area contributed by atoms with Gasteiger partial charge in [-0.15, -0.1) is 11.3 Å². The minimum Gasteiger partial charge on any atom is -0.397 e. The highest BCUT2D eigenvalue weighted by Gasteiger charge is 2.36. The molecule has 1 amide bonds. The summed E-state index contributed by atoms with van der Waals surface area (Å²) in [5, 5.41) is 5.94. The highest BCUT2D eigenvalue weighted by molar-refractivity contribution is 7.21. The van der Waals surface area contributed by atoms with E-state index in [0.29, 0.717) is 5.56 Å². The molecule has 1 aromatic carbocycles. The summed E-state index contributed by atoms with van der Waals surface area (Å²) >= 11 is 0.786. The SMILES string of the molecule is CC(C)[n+]1cc(NC(=O)c2sc3nc(-c4ccccc4)cc(C(F)(F)F)c3c2N)on1. The van der Waals surface area contributed by atoms with E-state index in [1.807, 2.05) is 13.8 Å². The summed E-state index contributed by atoms with van der Waals surface area (Å²) in [6.45, 7) is 3.74. The number of nitrogens with two attached hydrogens (primary N) is 1. The molecule has 3 heterocycles. The fraction of sp³-hybridized carbons (Fsp3) is 0.200. The van der Waals surface area contributed by atoms with Crippen molar-refractivity contribution >= 4 is 39.0 Å². The fourth-order valence-electron chi connectivity index (χ4n) is 3.00. The van der Waals surface area contributed by atoms with Crippen molar-refractivity contribution in [3.8, 4) is 11.3 Å².